The molecular weight excluding hydrogens is 536 g/mol. The molecule has 3 unspecified atom stereocenters. The van der Waals surface area contributed by atoms with E-state index >= 15 is 0 Å². The lowest BCUT2D eigenvalue weighted by atomic mass is 9.83. The van der Waals surface area contributed by atoms with Gasteiger partial charge in [-0.2, -0.15) is 0 Å². The number of fused-ring (bicyclic) bond motifs is 1. The Bertz CT molecular complexity index is 1330. The van der Waals surface area contributed by atoms with E-state index in [1.165, 1.54) is 4.90 Å². The maximum absolute atomic E-state index is 14.0. The summed E-state index contributed by atoms with van der Waals surface area (Å²) in [7, 11) is 0. The quantitative estimate of drug-likeness (QED) is 0.369. The lowest BCUT2D eigenvalue weighted by Crippen LogP contribution is -2.46. The molecule has 3 heterocycles. The van der Waals surface area contributed by atoms with Gasteiger partial charge in [0.05, 0.1) is 19.1 Å². The minimum atomic E-state index is -0.950. The van der Waals surface area contributed by atoms with Crippen molar-refractivity contribution in [3.05, 3.63) is 59.2 Å². The third-order valence-electron chi connectivity index (χ3n) is 8.81. The Balaban J connectivity index is 1.44. The maximum atomic E-state index is 14.0. The van der Waals surface area contributed by atoms with Crippen molar-refractivity contribution < 1.29 is 29.0 Å². The Kier molecular flexibility index (Phi) is 9.23. The predicted molar refractivity (Wildman–Crippen MR) is 157 cm³/mol. The van der Waals surface area contributed by atoms with E-state index in [1.807, 2.05) is 47.4 Å². The molecule has 42 heavy (non-hydrogen) atoms. The monoisotopic (exact) mass is 576 g/mol. The zero-order valence-corrected chi connectivity index (χ0v) is 24.2. The number of aliphatic carboxylic acids is 1. The molecule has 0 aromatic heterocycles. The Morgan fingerprint density at radius 3 is 2.60 bits per heavy atom. The highest BCUT2D eigenvalue weighted by Gasteiger charge is 2.48. The van der Waals surface area contributed by atoms with Gasteiger partial charge in [0.2, 0.25) is 17.7 Å². The third-order valence-corrected chi connectivity index (χ3v) is 8.81. The van der Waals surface area contributed by atoms with E-state index in [0.717, 1.165) is 47.4 Å². The lowest BCUT2D eigenvalue weighted by Gasteiger charge is -2.30. The number of likely N-dealkylation sites (tertiary alicyclic amines) is 2. The Morgan fingerprint density at radius 2 is 1.88 bits per heavy atom. The standard InChI is InChI=1S/C32H40N4O6/c1-2-3-13-35(24-6-4-5-21(16-24)18-33)30(39)20-34-19-25(22-7-8-27-23(17-22)12-15-42-27)31(32(40)41)26(34)11-14-36-28(37)9-10-29(36)38/h4-8,16-17,25-26,31H,2-3,9-15,18-20,33H2,1H3,(H,40,41). The zero-order chi connectivity index (χ0) is 29.8. The van der Waals surface area contributed by atoms with Crippen molar-refractivity contribution in [3.8, 4) is 5.75 Å². The first kappa shape index (κ1) is 29.7. The number of hydrogen-bond acceptors (Lipinski definition) is 7. The van der Waals surface area contributed by atoms with E-state index < -0.39 is 17.9 Å². The number of hydrogen-bond donors (Lipinski definition) is 2. The number of benzene rings is 2. The highest BCUT2D eigenvalue weighted by molar-refractivity contribution is 6.01. The summed E-state index contributed by atoms with van der Waals surface area (Å²) in [5, 5.41) is 10.5. The first-order valence-electron chi connectivity index (χ1n) is 15.0. The summed E-state index contributed by atoms with van der Waals surface area (Å²) in [6.45, 7) is 4.11. The molecule has 224 valence electrons. The van der Waals surface area contributed by atoms with Gasteiger partial charge in [-0.1, -0.05) is 37.6 Å². The summed E-state index contributed by atoms with van der Waals surface area (Å²) in [6.07, 6.45) is 3.15. The van der Waals surface area contributed by atoms with Gasteiger partial charge in [0.25, 0.3) is 0 Å². The molecule has 0 spiro atoms. The van der Waals surface area contributed by atoms with Gasteiger partial charge in [-0.15, -0.1) is 0 Å². The first-order valence-corrected chi connectivity index (χ1v) is 15.0. The van der Waals surface area contributed by atoms with E-state index in [1.54, 1.807) is 4.90 Å². The molecule has 10 nitrogen and oxygen atoms in total. The summed E-state index contributed by atoms with van der Waals surface area (Å²) in [6, 6.07) is 13.0. The number of nitrogens with two attached hydrogens (primary N) is 1. The molecule has 3 amide bonds. The number of carbonyl (C=O) groups is 4. The van der Waals surface area contributed by atoms with Crippen LogP contribution in [0.4, 0.5) is 5.69 Å². The van der Waals surface area contributed by atoms with Crippen LogP contribution in [0.25, 0.3) is 0 Å². The fourth-order valence-electron chi connectivity index (χ4n) is 6.59. The van der Waals surface area contributed by atoms with Gasteiger partial charge in [-0.25, -0.2) is 0 Å². The fourth-order valence-corrected chi connectivity index (χ4v) is 6.59. The van der Waals surface area contributed by atoms with Crippen molar-refractivity contribution in [3.63, 3.8) is 0 Å². The van der Waals surface area contributed by atoms with Crippen molar-refractivity contribution >= 4 is 29.4 Å². The lowest BCUT2D eigenvalue weighted by molar-refractivity contribution is -0.143. The van der Waals surface area contributed by atoms with E-state index in [2.05, 4.69) is 6.92 Å². The number of unbranched alkanes of at least 4 members (excludes halogenated alkanes) is 1. The Hall–Kier alpha value is -3.76. The molecule has 0 saturated carbocycles. The van der Waals surface area contributed by atoms with Crippen LogP contribution >= 0.6 is 0 Å². The molecule has 2 aromatic rings. The van der Waals surface area contributed by atoms with Crippen LogP contribution in [0.15, 0.2) is 42.5 Å². The topological polar surface area (TPSA) is 133 Å². The second-order valence-corrected chi connectivity index (χ2v) is 11.4. The third kappa shape index (κ3) is 6.19. The summed E-state index contributed by atoms with van der Waals surface area (Å²) in [4.78, 5) is 56.5. The smallest absolute Gasteiger partial charge is 0.308 e. The van der Waals surface area contributed by atoms with E-state index in [0.29, 0.717) is 26.2 Å². The second kappa shape index (κ2) is 13.0. The summed E-state index contributed by atoms with van der Waals surface area (Å²) in [5.41, 5.74) is 9.52. The molecule has 3 aliphatic rings. The Labute approximate surface area is 246 Å². The molecule has 0 bridgehead atoms. The number of nitrogens with zero attached hydrogens (tertiary/aromatic N) is 3. The minimum Gasteiger partial charge on any atom is -0.493 e. The normalized spacial score (nSPS) is 22.0. The van der Waals surface area contributed by atoms with Gasteiger partial charge in [0, 0.05) is 63.1 Å². The molecule has 2 saturated heterocycles. The summed E-state index contributed by atoms with van der Waals surface area (Å²) in [5.74, 6) is -1.88. The molecule has 2 fully saturated rings. The number of rotatable bonds is 12. The average Bonchev–Trinajstić information content (AvgIpc) is 3.69. The van der Waals surface area contributed by atoms with Crippen molar-refractivity contribution in [1.29, 1.82) is 0 Å². The molecule has 5 rings (SSSR count). The number of anilines is 1. The molecule has 0 aliphatic carbocycles. The van der Waals surface area contributed by atoms with Crippen LogP contribution in [-0.4, -0.2) is 77.4 Å². The molecular formula is C32H40N4O6. The van der Waals surface area contributed by atoms with Crippen LogP contribution in [0.5, 0.6) is 5.75 Å². The molecule has 3 aliphatic heterocycles. The van der Waals surface area contributed by atoms with Crippen molar-refractivity contribution in [2.24, 2.45) is 11.7 Å². The van der Waals surface area contributed by atoms with Gasteiger partial charge in [-0.05, 0) is 47.7 Å². The van der Waals surface area contributed by atoms with Gasteiger partial charge in [0.15, 0.2) is 0 Å². The van der Waals surface area contributed by atoms with Crippen LogP contribution in [-0.2, 0) is 32.1 Å². The highest BCUT2D eigenvalue weighted by atomic mass is 16.5. The van der Waals surface area contributed by atoms with Gasteiger partial charge < -0.3 is 20.5 Å². The summed E-state index contributed by atoms with van der Waals surface area (Å²) < 4.78 is 5.66. The zero-order valence-electron chi connectivity index (χ0n) is 24.2. The SMILES string of the molecule is CCCCN(C(=O)CN1CC(c2ccc3c(c2)CCO3)C(C(=O)O)C1CCN1C(=O)CCC1=O)c1cccc(CN)c1. The second-order valence-electron chi connectivity index (χ2n) is 11.4. The molecule has 3 atom stereocenters. The number of amides is 3. The fraction of sp³-hybridized carbons (Fsp3) is 0.500. The Morgan fingerprint density at radius 1 is 1.10 bits per heavy atom. The number of carbonyl (C=O) groups excluding carboxylic acids is 3. The van der Waals surface area contributed by atoms with Crippen molar-refractivity contribution in [2.75, 3.05) is 37.7 Å². The molecule has 2 aromatic carbocycles. The van der Waals surface area contributed by atoms with Crippen molar-refractivity contribution in [2.45, 2.75) is 64.0 Å². The minimum absolute atomic E-state index is 0.0253. The number of carboxylic acids is 1. The first-order chi connectivity index (χ1) is 20.3. The van der Waals surface area contributed by atoms with Gasteiger partial charge in [0.1, 0.15) is 5.75 Å². The van der Waals surface area contributed by atoms with Gasteiger partial charge in [-0.3, -0.25) is 29.0 Å². The maximum Gasteiger partial charge on any atom is 0.308 e. The van der Waals surface area contributed by atoms with Gasteiger partial charge >= 0.3 is 5.97 Å². The predicted octanol–water partition coefficient (Wildman–Crippen LogP) is 2.92. The van der Waals surface area contributed by atoms with Crippen LogP contribution in [0, 0.1) is 5.92 Å². The van der Waals surface area contributed by atoms with E-state index in [-0.39, 0.29) is 56.0 Å². The molecule has 10 heteroatoms. The van der Waals surface area contributed by atoms with Crippen LogP contribution in [0.2, 0.25) is 0 Å². The highest BCUT2D eigenvalue weighted by Crippen LogP contribution is 2.41. The average molecular weight is 577 g/mol. The van der Waals surface area contributed by atoms with Crippen molar-refractivity contribution in [1.82, 2.24) is 9.80 Å². The largest absolute Gasteiger partial charge is 0.493 e. The summed E-state index contributed by atoms with van der Waals surface area (Å²) >= 11 is 0. The van der Waals surface area contributed by atoms with Crippen LogP contribution in [0.3, 0.4) is 0 Å². The van der Waals surface area contributed by atoms with Crippen LogP contribution < -0.4 is 15.4 Å². The number of imide groups is 1. The van der Waals surface area contributed by atoms with E-state index in [9.17, 15) is 24.3 Å². The van der Waals surface area contributed by atoms with Crippen LogP contribution in [0.1, 0.15) is 61.6 Å². The van der Waals surface area contributed by atoms with E-state index in [4.69, 9.17) is 10.5 Å². The molecule has 0 radical (unpaired) electrons. The molecule has 3 N–H and O–H groups in total. The number of ether oxygens (including phenoxy) is 1. The number of carboxylic acid groups (broad SMARTS) is 1.